The first kappa shape index (κ1) is 9.47. The quantitative estimate of drug-likeness (QED) is 0.691. The summed E-state index contributed by atoms with van der Waals surface area (Å²) in [6, 6.07) is 10.9. The molecule has 2 aromatic rings. The van der Waals surface area contributed by atoms with Gasteiger partial charge in [-0.3, -0.25) is 0 Å². The van der Waals surface area contributed by atoms with Gasteiger partial charge in [0.15, 0.2) is 0 Å². The zero-order chi connectivity index (χ0) is 9.97. The Morgan fingerprint density at radius 2 is 1.93 bits per heavy atom. The van der Waals surface area contributed by atoms with Gasteiger partial charge in [0.05, 0.1) is 0 Å². The smallest absolute Gasteiger partial charge is 0.00891 e. The highest BCUT2D eigenvalue weighted by Gasteiger charge is 2.02. The Labute approximate surface area is 89.2 Å². The molecule has 1 aromatic heterocycles. The molecule has 0 atom stereocenters. The van der Waals surface area contributed by atoms with Gasteiger partial charge >= 0.3 is 0 Å². The second-order valence-corrected chi connectivity index (χ2v) is 4.65. The van der Waals surface area contributed by atoms with E-state index in [-0.39, 0.29) is 0 Å². The summed E-state index contributed by atoms with van der Waals surface area (Å²) in [5.74, 6) is 0. The lowest BCUT2D eigenvalue weighted by Crippen LogP contribution is -1.91. The van der Waals surface area contributed by atoms with E-state index in [2.05, 4.69) is 49.6 Å². The summed E-state index contributed by atoms with van der Waals surface area (Å²) in [6.07, 6.45) is 1.07. The van der Waals surface area contributed by atoms with Gasteiger partial charge in [-0.1, -0.05) is 24.3 Å². The van der Waals surface area contributed by atoms with Crippen LogP contribution in [0.5, 0.6) is 0 Å². The average Bonchev–Trinajstić information content (AvgIpc) is 2.66. The number of hydrogen-bond donors (Lipinski definition) is 0. The molecule has 0 bridgehead atoms. The zero-order valence-electron chi connectivity index (χ0n) is 8.58. The summed E-state index contributed by atoms with van der Waals surface area (Å²) in [4.78, 5) is 1.44. The van der Waals surface area contributed by atoms with Crippen LogP contribution in [0.4, 0.5) is 0 Å². The van der Waals surface area contributed by atoms with E-state index in [4.69, 9.17) is 0 Å². The maximum atomic E-state index is 2.22. The molecule has 0 spiro atoms. The normalized spacial score (nSPS) is 10.4. The van der Waals surface area contributed by atoms with Gasteiger partial charge in [0.25, 0.3) is 0 Å². The molecule has 0 saturated heterocycles. The maximum absolute atomic E-state index is 2.22. The Hall–Kier alpha value is -1.08. The minimum absolute atomic E-state index is 1.07. The van der Waals surface area contributed by atoms with Crippen LogP contribution in [0.2, 0.25) is 0 Å². The van der Waals surface area contributed by atoms with Gasteiger partial charge in [-0.2, -0.15) is 0 Å². The first-order valence-electron chi connectivity index (χ1n) is 4.85. The fraction of sp³-hybridized carbons (Fsp3) is 0.231. The molecule has 1 heterocycles. The van der Waals surface area contributed by atoms with Crippen LogP contribution in [0.3, 0.4) is 0 Å². The van der Waals surface area contributed by atoms with Crippen LogP contribution in [0.25, 0.3) is 0 Å². The number of aryl methyl sites for hydroxylation is 1. The maximum Gasteiger partial charge on any atom is 0.00891 e. The lowest BCUT2D eigenvalue weighted by Gasteiger charge is -2.06. The number of hydrogen-bond acceptors (Lipinski definition) is 1. The van der Waals surface area contributed by atoms with Crippen molar-refractivity contribution in [2.45, 2.75) is 20.3 Å². The van der Waals surface area contributed by atoms with Crippen LogP contribution in [0.15, 0.2) is 35.7 Å². The van der Waals surface area contributed by atoms with E-state index < -0.39 is 0 Å². The summed E-state index contributed by atoms with van der Waals surface area (Å²) in [5.41, 5.74) is 4.27. The highest BCUT2D eigenvalue weighted by atomic mass is 32.1. The lowest BCUT2D eigenvalue weighted by atomic mass is 10.0. The van der Waals surface area contributed by atoms with Crippen LogP contribution in [0.1, 0.15) is 21.6 Å². The lowest BCUT2D eigenvalue weighted by molar-refractivity contribution is 1.16. The predicted octanol–water partition coefficient (Wildman–Crippen LogP) is 3.96. The van der Waals surface area contributed by atoms with Crippen molar-refractivity contribution >= 4 is 11.3 Å². The summed E-state index contributed by atoms with van der Waals surface area (Å²) >= 11 is 1.83. The summed E-state index contributed by atoms with van der Waals surface area (Å²) in [7, 11) is 0. The molecule has 0 unspecified atom stereocenters. The summed E-state index contributed by atoms with van der Waals surface area (Å²) in [6.45, 7) is 4.38. The van der Waals surface area contributed by atoms with Gasteiger partial charge in [-0.15, -0.1) is 11.3 Å². The fourth-order valence-corrected chi connectivity index (χ4v) is 2.33. The molecule has 0 nitrogen and oxygen atoms in total. The van der Waals surface area contributed by atoms with Crippen LogP contribution < -0.4 is 0 Å². The zero-order valence-corrected chi connectivity index (χ0v) is 9.40. The fourth-order valence-electron chi connectivity index (χ4n) is 1.60. The van der Waals surface area contributed by atoms with Crippen molar-refractivity contribution in [2.24, 2.45) is 0 Å². The van der Waals surface area contributed by atoms with Crippen LogP contribution in [0, 0.1) is 13.8 Å². The van der Waals surface area contributed by atoms with Gasteiger partial charge in [0.1, 0.15) is 0 Å². The van der Waals surface area contributed by atoms with E-state index in [9.17, 15) is 0 Å². The molecule has 72 valence electrons. The molecule has 2 rings (SSSR count). The summed E-state index contributed by atoms with van der Waals surface area (Å²) in [5, 5.41) is 2.14. The van der Waals surface area contributed by atoms with Gasteiger partial charge in [-0.25, -0.2) is 0 Å². The molecule has 0 saturated carbocycles. The molecule has 0 aliphatic rings. The van der Waals surface area contributed by atoms with Crippen molar-refractivity contribution in [3.8, 4) is 0 Å². The van der Waals surface area contributed by atoms with Crippen LogP contribution in [-0.4, -0.2) is 0 Å². The molecule has 0 amide bonds. The molecule has 0 aliphatic carbocycles. The SMILES string of the molecule is Cc1cccc(Cc2cccs2)c1C. The monoisotopic (exact) mass is 202 g/mol. The molecule has 0 N–H and O–H groups in total. The third-order valence-electron chi connectivity index (χ3n) is 2.66. The average molecular weight is 202 g/mol. The van der Waals surface area contributed by atoms with E-state index in [0.29, 0.717) is 0 Å². The Kier molecular flexibility index (Phi) is 2.69. The molecule has 0 fully saturated rings. The van der Waals surface area contributed by atoms with Crippen molar-refractivity contribution in [3.05, 3.63) is 57.3 Å². The largest absolute Gasteiger partial charge is 0.149 e. The number of thiophene rings is 1. The van der Waals surface area contributed by atoms with Gasteiger partial charge in [0, 0.05) is 11.3 Å². The number of benzene rings is 1. The standard InChI is InChI=1S/C13H14S/c1-10-5-3-6-12(11(10)2)9-13-7-4-8-14-13/h3-8H,9H2,1-2H3. The highest BCUT2D eigenvalue weighted by Crippen LogP contribution is 2.19. The topological polar surface area (TPSA) is 0 Å². The molecular weight excluding hydrogens is 188 g/mol. The first-order valence-corrected chi connectivity index (χ1v) is 5.73. The number of rotatable bonds is 2. The minimum atomic E-state index is 1.07. The molecule has 1 aromatic carbocycles. The van der Waals surface area contributed by atoms with Crippen molar-refractivity contribution in [1.82, 2.24) is 0 Å². The molecule has 0 radical (unpaired) electrons. The molecule has 14 heavy (non-hydrogen) atoms. The van der Waals surface area contributed by atoms with Crippen LogP contribution >= 0.6 is 11.3 Å². The highest BCUT2D eigenvalue weighted by molar-refractivity contribution is 7.09. The van der Waals surface area contributed by atoms with E-state index in [1.807, 2.05) is 11.3 Å². The van der Waals surface area contributed by atoms with Crippen molar-refractivity contribution in [1.29, 1.82) is 0 Å². The van der Waals surface area contributed by atoms with Gasteiger partial charge < -0.3 is 0 Å². The van der Waals surface area contributed by atoms with Crippen LogP contribution in [-0.2, 0) is 6.42 Å². The molecule has 0 aliphatic heterocycles. The molecule has 1 heteroatoms. The van der Waals surface area contributed by atoms with Crippen molar-refractivity contribution in [2.75, 3.05) is 0 Å². The van der Waals surface area contributed by atoms with E-state index in [1.54, 1.807) is 0 Å². The van der Waals surface area contributed by atoms with Crippen molar-refractivity contribution < 1.29 is 0 Å². The van der Waals surface area contributed by atoms with Gasteiger partial charge in [-0.05, 0) is 42.0 Å². The Morgan fingerprint density at radius 1 is 1.07 bits per heavy atom. The second-order valence-electron chi connectivity index (χ2n) is 3.62. The summed E-state index contributed by atoms with van der Waals surface area (Å²) < 4.78 is 0. The van der Waals surface area contributed by atoms with E-state index in [1.165, 1.54) is 21.6 Å². The third-order valence-corrected chi connectivity index (χ3v) is 3.54. The third kappa shape index (κ3) is 1.88. The van der Waals surface area contributed by atoms with Crippen molar-refractivity contribution in [3.63, 3.8) is 0 Å². The van der Waals surface area contributed by atoms with Gasteiger partial charge in [0.2, 0.25) is 0 Å². The minimum Gasteiger partial charge on any atom is -0.149 e. The molecular formula is C13H14S. The Balaban J connectivity index is 2.29. The predicted molar refractivity (Wildman–Crippen MR) is 63.0 cm³/mol. The second kappa shape index (κ2) is 3.97. The first-order chi connectivity index (χ1) is 6.77. The Morgan fingerprint density at radius 3 is 2.64 bits per heavy atom. The van der Waals surface area contributed by atoms with E-state index >= 15 is 0 Å². The Bertz CT molecular complexity index is 413. The van der Waals surface area contributed by atoms with E-state index in [0.717, 1.165) is 6.42 Å².